The highest BCUT2D eigenvalue weighted by Gasteiger charge is 2.26. The number of carbonyl (C=O) groups is 1. The Labute approximate surface area is 127 Å². The van der Waals surface area contributed by atoms with Gasteiger partial charge in [-0.3, -0.25) is 4.79 Å². The fourth-order valence-corrected chi connectivity index (χ4v) is 2.94. The Kier molecular flexibility index (Phi) is 5.23. The van der Waals surface area contributed by atoms with Crippen LogP contribution in [0.25, 0.3) is 0 Å². The first-order valence-electron chi connectivity index (χ1n) is 7.68. The summed E-state index contributed by atoms with van der Waals surface area (Å²) in [6.45, 7) is 6.15. The minimum Gasteiger partial charge on any atom is -0.496 e. The van der Waals surface area contributed by atoms with Crippen LogP contribution < -0.4 is 15.4 Å². The highest BCUT2D eigenvalue weighted by Crippen LogP contribution is 2.29. The Morgan fingerprint density at radius 3 is 2.86 bits per heavy atom. The number of nitrogens with one attached hydrogen (secondary N) is 2. The lowest BCUT2D eigenvalue weighted by molar-refractivity contribution is -0.123. The molecule has 1 saturated heterocycles. The molecule has 1 fully saturated rings. The SMILES string of the molecule is COc1ccccc1C(C)(C)NC(=O)CCC1CCNC1. The van der Waals surface area contributed by atoms with Gasteiger partial charge in [-0.2, -0.15) is 0 Å². The number of para-hydroxylation sites is 1. The third-order valence-corrected chi connectivity index (χ3v) is 4.17. The molecule has 4 nitrogen and oxygen atoms in total. The maximum Gasteiger partial charge on any atom is 0.220 e. The van der Waals surface area contributed by atoms with Crippen LogP contribution in [0.3, 0.4) is 0 Å². The zero-order chi connectivity index (χ0) is 15.3. The Balaban J connectivity index is 1.94. The molecule has 2 N–H and O–H groups in total. The highest BCUT2D eigenvalue weighted by molar-refractivity contribution is 5.77. The first-order chi connectivity index (χ1) is 10.0. The first kappa shape index (κ1) is 15.8. The molecule has 1 unspecified atom stereocenters. The van der Waals surface area contributed by atoms with Crippen LogP contribution in [-0.4, -0.2) is 26.1 Å². The largest absolute Gasteiger partial charge is 0.496 e. The summed E-state index contributed by atoms with van der Waals surface area (Å²) in [5, 5.41) is 6.47. The summed E-state index contributed by atoms with van der Waals surface area (Å²) < 4.78 is 5.39. The Morgan fingerprint density at radius 2 is 2.19 bits per heavy atom. The van der Waals surface area contributed by atoms with Crippen LogP contribution in [0.5, 0.6) is 5.75 Å². The maximum atomic E-state index is 12.2. The molecule has 21 heavy (non-hydrogen) atoms. The second kappa shape index (κ2) is 6.94. The molecular formula is C17H26N2O2. The average molecular weight is 290 g/mol. The second-order valence-electron chi connectivity index (χ2n) is 6.27. The van der Waals surface area contributed by atoms with E-state index in [1.807, 2.05) is 38.1 Å². The van der Waals surface area contributed by atoms with E-state index in [0.717, 1.165) is 30.8 Å². The summed E-state index contributed by atoms with van der Waals surface area (Å²) in [7, 11) is 1.66. The quantitative estimate of drug-likeness (QED) is 0.846. The lowest BCUT2D eigenvalue weighted by atomic mass is 9.92. The van der Waals surface area contributed by atoms with Gasteiger partial charge in [0.05, 0.1) is 12.6 Å². The molecule has 1 atom stereocenters. The van der Waals surface area contributed by atoms with E-state index >= 15 is 0 Å². The molecule has 1 aromatic rings. The monoisotopic (exact) mass is 290 g/mol. The standard InChI is InChI=1S/C17H26N2O2/c1-17(2,14-6-4-5-7-15(14)21-3)19-16(20)9-8-13-10-11-18-12-13/h4-7,13,18H,8-12H2,1-3H3,(H,19,20). The van der Waals surface area contributed by atoms with Crippen molar-refractivity contribution < 1.29 is 9.53 Å². The smallest absolute Gasteiger partial charge is 0.220 e. The molecule has 0 saturated carbocycles. The third-order valence-electron chi connectivity index (χ3n) is 4.17. The van der Waals surface area contributed by atoms with Gasteiger partial charge in [0.25, 0.3) is 0 Å². The summed E-state index contributed by atoms with van der Waals surface area (Å²) in [5.41, 5.74) is 0.570. The number of rotatable bonds is 6. The molecule has 0 bridgehead atoms. The molecule has 0 aliphatic carbocycles. The zero-order valence-corrected chi connectivity index (χ0v) is 13.2. The molecular weight excluding hydrogens is 264 g/mol. The van der Waals surface area contributed by atoms with Crippen LogP contribution >= 0.6 is 0 Å². The Bertz CT molecular complexity index is 479. The highest BCUT2D eigenvalue weighted by atomic mass is 16.5. The number of ether oxygens (including phenoxy) is 1. The number of hydrogen-bond donors (Lipinski definition) is 2. The first-order valence-corrected chi connectivity index (χ1v) is 7.68. The van der Waals surface area contributed by atoms with Gasteiger partial charge in [-0.05, 0) is 51.8 Å². The Hall–Kier alpha value is -1.55. The van der Waals surface area contributed by atoms with Gasteiger partial charge in [0, 0.05) is 12.0 Å². The van der Waals surface area contributed by atoms with Crippen molar-refractivity contribution in [2.75, 3.05) is 20.2 Å². The average Bonchev–Trinajstić information content (AvgIpc) is 2.98. The lowest BCUT2D eigenvalue weighted by Gasteiger charge is -2.28. The van der Waals surface area contributed by atoms with Crippen molar-refractivity contribution in [1.82, 2.24) is 10.6 Å². The number of benzene rings is 1. The predicted octanol–water partition coefficient (Wildman–Crippen LogP) is 2.44. The minimum absolute atomic E-state index is 0.109. The van der Waals surface area contributed by atoms with Crippen molar-refractivity contribution in [2.24, 2.45) is 5.92 Å². The van der Waals surface area contributed by atoms with Gasteiger partial charge in [0.15, 0.2) is 0 Å². The molecule has 1 aliphatic rings. The van der Waals surface area contributed by atoms with Gasteiger partial charge < -0.3 is 15.4 Å². The molecule has 116 valence electrons. The number of carbonyl (C=O) groups excluding carboxylic acids is 1. The van der Waals surface area contributed by atoms with E-state index in [-0.39, 0.29) is 5.91 Å². The predicted molar refractivity (Wildman–Crippen MR) is 84.4 cm³/mol. The molecule has 1 aliphatic heterocycles. The third kappa shape index (κ3) is 4.21. The van der Waals surface area contributed by atoms with E-state index in [4.69, 9.17) is 4.74 Å². The number of hydrogen-bond acceptors (Lipinski definition) is 3. The van der Waals surface area contributed by atoms with Gasteiger partial charge in [0.1, 0.15) is 5.75 Å². The molecule has 0 radical (unpaired) electrons. The van der Waals surface area contributed by atoms with Crippen molar-refractivity contribution in [3.05, 3.63) is 29.8 Å². The van der Waals surface area contributed by atoms with Crippen LogP contribution in [0.1, 0.15) is 38.7 Å². The summed E-state index contributed by atoms with van der Waals surface area (Å²) in [5.74, 6) is 1.56. The lowest BCUT2D eigenvalue weighted by Crippen LogP contribution is -2.41. The van der Waals surface area contributed by atoms with Gasteiger partial charge in [0.2, 0.25) is 5.91 Å². The maximum absolute atomic E-state index is 12.2. The van der Waals surface area contributed by atoms with Crippen molar-refractivity contribution in [2.45, 2.75) is 38.6 Å². The van der Waals surface area contributed by atoms with E-state index in [2.05, 4.69) is 10.6 Å². The van der Waals surface area contributed by atoms with Crippen molar-refractivity contribution in [3.63, 3.8) is 0 Å². The summed E-state index contributed by atoms with van der Waals surface area (Å²) in [6, 6.07) is 7.83. The fraction of sp³-hybridized carbons (Fsp3) is 0.588. The van der Waals surface area contributed by atoms with Gasteiger partial charge in [-0.25, -0.2) is 0 Å². The van der Waals surface area contributed by atoms with Gasteiger partial charge in [-0.1, -0.05) is 18.2 Å². The minimum atomic E-state index is -0.433. The number of amides is 1. The second-order valence-corrected chi connectivity index (χ2v) is 6.27. The van der Waals surface area contributed by atoms with E-state index in [1.165, 1.54) is 6.42 Å². The normalized spacial score (nSPS) is 18.5. The topological polar surface area (TPSA) is 50.4 Å². The molecule has 1 heterocycles. The van der Waals surface area contributed by atoms with E-state index in [9.17, 15) is 4.79 Å². The van der Waals surface area contributed by atoms with E-state index < -0.39 is 5.54 Å². The van der Waals surface area contributed by atoms with Gasteiger partial charge in [-0.15, -0.1) is 0 Å². The van der Waals surface area contributed by atoms with Crippen molar-refractivity contribution in [3.8, 4) is 5.75 Å². The Morgan fingerprint density at radius 1 is 1.43 bits per heavy atom. The molecule has 4 heteroatoms. The fourth-order valence-electron chi connectivity index (χ4n) is 2.94. The number of methoxy groups -OCH3 is 1. The summed E-state index contributed by atoms with van der Waals surface area (Å²) in [6.07, 6.45) is 2.73. The van der Waals surface area contributed by atoms with E-state index in [1.54, 1.807) is 7.11 Å². The van der Waals surface area contributed by atoms with Crippen LogP contribution in [-0.2, 0) is 10.3 Å². The van der Waals surface area contributed by atoms with Crippen molar-refractivity contribution >= 4 is 5.91 Å². The van der Waals surface area contributed by atoms with Crippen LogP contribution in [0.15, 0.2) is 24.3 Å². The molecule has 0 spiro atoms. The summed E-state index contributed by atoms with van der Waals surface area (Å²) >= 11 is 0. The van der Waals surface area contributed by atoms with Gasteiger partial charge >= 0.3 is 0 Å². The van der Waals surface area contributed by atoms with Crippen LogP contribution in [0.4, 0.5) is 0 Å². The van der Waals surface area contributed by atoms with Crippen LogP contribution in [0, 0.1) is 5.92 Å². The molecule has 1 amide bonds. The summed E-state index contributed by atoms with van der Waals surface area (Å²) in [4.78, 5) is 12.2. The van der Waals surface area contributed by atoms with E-state index in [0.29, 0.717) is 12.3 Å². The van der Waals surface area contributed by atoms with Crippen LogP contribution in [0.2, 0.25) is 0 Å². The van der Waals surface area contributed by atoms with Crippen molar-refractivity contribution in [1.29, 1.82) is 0 Å². The molecule has 1 aromatic carbocycles. The molecule has 0 aromatic heterocycles. The molecule has 2 rings (SSSR count). The zero-order valence-electron chi connectivity index (χ0n) is 13.2.